The lowest BCUT2D eigenvalue weighted by atomic mass is 10.0. The van der Waals surface area contributed by atoms with Crippen molar-refractivity contribution in [2.24, 2.45) is 0 Å². The van der Waals surface area contributed by atoms with Crippen molar-refractivity contribution in [1.29, 1.82) is 0 Å². The van der Waals surface area contributed by atoms with Gasteiger partial charge in [-0.2, -0.15) is 0 Å². The topological polar surface area (TPSA) is 46.6 Å². The van der Waals surface area contributed by atoms with Gasteiger partial charge in [0.25, 0.3) is 0 Å². The molecule has 1 N–H and O–H groups in total. The molecule has 6 heteroatoms. The number of ether oxygens (including phenoxy) is 2. The first-order valence-electron chi connectivity index (χ1n) is 7.91. The van der Waals surface area contributed by atoms with Crippen LogP contribution in [0.2, 0.25) is 0 Å². The molecule has 5 nitrogen and oxygen atoms in total. The minimum absolute atomic E-state index is 0.306. The van der Waals surface area contributed by atoms with Crippen LogP contribution in [0.4, 0.5) is 5.13 Å². The highest BCUT2D eigenvalue weighted by molar-refractivity contribution is 7.13. The largest absolute Gasteiger partial charge is 0.379 e. The highest BCUT2D eigenvalue weighted by atomic mass is 32.1. The Kier molecular flexibility index (Phi) is 5.46. The van der Waals surface area contributed by atoms with Gasteiger partial charge >= 0.3 is 0 Å². The third-order valence-electron chi connectivity index (χ3n) is 4.17. The molecular formula is C15H25N3O2S. The molecule has 0 spiro atoms. The predicted octanol–water partition coefficient (Wildman–Crippen LogP) is 1.90. The van der Waals surface area contributed by atoms with Crippen molar-refractivity contribution in [2.75, 3.05) is 37.8 Å². The Morgan fingerprint density at radius 1 is 1.48 bits per heavy atom. The minimum atomic E-state index is 0.306. The van der Waals surface area contributed by atoms with Gasteiger partial charge in [0.05, 0.1) is 19.3 Å². The lowest BCUT2D eigenvalue weighted by molar-refractivity contribution is 0.0304. The van der Waals surface area contributed by atoms with Crippen molar-refractivity contribution in [3.05, 3.63) is 11.6 Å². The Morgan fingerprint density at radius 2 is 2.33 bits per heavy atom. The highest BCUT2D eigenvalue weighted by Gasteiger charge is 2.22. The van der Waals surface area contributed by atoms with Gasteiger partial charge in [-0.05, 0) is 26.2 Å². The maximum atomic E-state index is 5.88. The third-order valence-corrected chi connectivity index (χ3v) is 5.01. The van der Waals surface area contributed by atoms with Gasteiger partial charge in [-0.25, -0.2) is 4.98 Å². The first-order chi connectivity index (χ1) is 10.3. The van der Waals surface area contributed by atoms with Gasteiger partial charge in [-0.3, -0.25) is 0 Å². The van der Waals surface area contributed by atoms with E-state index in [2.05, 4.69) is 22.1 Å². The average molecular weight is 311 g/mol. The van der Waals surface area contributed by atoms with Crippen molar-refractivity contribution < 1.29 is 9.47 Å². The summed E-state index contributed by atoms with van der Waals surface area (Å²) in [5.74, 6) is 0. The van der Waals surface area contributed by atoms with E-state index in [0.717, 1.165) is 44.5 Å². The van der Waals surface area contributed by atoms with E-state index in [4.69, 9.17) is 9.47 Å². The maximum Gasteiger partial charge on any atom is 0.185 e. The normalized spacial score (nSPS) is 25.4. The molecule has 2 saturated heterocycles. The summed E-state index contributed by atoms with van der Waals surface area (Å²) < 4.78 is 11.2. The van der Waals surface area contributed by atoms with E-state index in [1.165, 1.54) is 12.8 Å². The lowest BCUT2D eigenvalue weighted by Crippen LogP contribution is -2.47. The molecule has 3 rings (SSSR count). The summed E-state index contributed by atoms with van der Waals surface area (Å²) in [6.07, 6.45) is 5.59. The van der Waals surface area contributed by atoms with E-state index in [0.29, 0.717) is 18.2 Å². The fourth-order valence-electron chi connectivity index (χ4n) is 2.98. The number of hydrogen-bond donors (Lipinski definition) is 1. The van der Waals surface area contributed by atoms with Gasteiger partial charge in [0.15, 0.2) is 5.13 Å². The minimum Gasteiger partial charge on any atom is -0.379 e. The van der Waals surface area contributed by atoms with E-state index < -0.39 is 0 Å². The molecule has 2 aliphatic heterocycles. The van der Waals surface area contributed by atoms with Crippen LogP contribution in [0.15, 0.2) is 11.6 Å². The Balaban J connectivity index is 1.34. The van der Waals surface area contributed by atoms with Crippen LogP contribution in [0.25, 0.3) is 0 Å². The standard InChI is InChI=1S/C15H25N3O2S/c1-12(10-20-14-4-8-19-11-14)17-13-2-6-18(7-3-13)15-16-5-9-21-15/h5,9,12-14,17H,2-4,6-8,10-11H2,1H3/t12-,14+/m0/s1. The molecule has 0 saturated carbocycles. The third kappa shape index (κ3) is 4.39. The fourth-order valence-corrected chi connectivity index (χ4v) is 3.68. The molecule has 0 aromatic carbocycles. The molecule has 2 aliphatic rings. The van der Waals surface area contributed by atoms with Crippen LogP contribution in [-0.4, -0.2) is 56.1 Å². The molecule has 0 unspecified atom stereocenters. The molecule has 2 atom stereocenters. The van der Waals surface area contributed by atoms with Gasteiger partial charge in [-0.1, -0.05) is 0 Å². The second-order valence-electron chi connectivity index (χ2n) is 5.96. The fraction of sp³-hybridized carbons (Fsp3) is 0.800. The smallest absolute Gasteiger partial charge is 0.185 e. The predicted molar refractivity (Wildman–Crippen MR) is 85.1 cm³/mol. The summed E-state index contributed by atoms with van der Waals surface area (Å²) in [6.45, 7) is 6.79. The monoisotopic (exact) mass is 311 g/mol. The van der Waals surface area contributed by atoms with Gasteiger partial charge in [0.2, 0.25) is 0 Å². The van der Waals surface area contributed by atoms with Crippen LogP contribution in [0, 0.1) is 0 Å². The summed E-state index contributed by atoms with van der Waals surface area (Å²) in [4.78, 5) is 6.78. The molecule has 21 heavy (non-hydrogen) atoms. The van der Waals surface area contributed by atoms with E-state index in [1.54, 1.807) is 11.3 Å². The van der Waals surface area contributed by atoms with Crippen LogP contribution in [0.1, 0.15) is 26.2 Å². The quantitative estimate of drug-likeness (QED) is 0.869. The van der Waals surface area contributed by atoms with Crippen LogP contribution in [-0.2, 0) is 9.47 Å². The molecule has 3 heterocycles. The number of rotatable bonds is 6. The molecular weight excluding hydrogens is 286 g/mol. The number of nitrogens with one attached hydrogen (secondary N) is 1. The zero-order chi connectivity index (χ0) is 14.5. The van der Waals surface area contributed by atoms with Gasteiger partial charge < -0.3 is 19.7 Å². The second kappa shape index (κ2) is 7.54. The molecule has 0 radical (unpaired) electrons. The second-order valence-corrected chi connectivity index (χ2v) is 6.84. The molecule has 2 fully saturated rings. The van der Waals surface area contributed by atoms with E-state index >= 15 is 0 Å². The van der Waals surface area contributed by atoms with Crippen LogP contribution < -0.4 is 10.2 Å². The Labute approximate surface area is 130 Å². The average Bonchev–Trinajstić information content (AvgIpc) is 3.19. The molecule has 1 aromatic heterocycles. The van der Waals surface area contributed by atoms with Crippen LogP contribution >= 0.6 is 11.3 Å². The van der Waals surface area contributed by atoms with Gasteiger partial charge in [-0.15, -0.1) is 11.3 Å². The van der Waals surface area contributed by atoms with Crippen molar-refractivity contribution in [3.8, 4) is 0 Å². The van der Waals surface area contributed by atoms with Crippen molar-refractivity contribution in [2.45, 2.75) is 44.4 Å². The first-order valence-corrected chi connectivity index (χ1v) is 8.79. The SMILES string of the molecule is C[C@@H](CO[C@@H]1CCOC1)NC1CCN(c2nccs2)CC1. The summed E-state index contributed by atoms with van der Waals surface area (Å²) in [5.41, 5.74) is 0. The Bertz CT molecular complexity index is 401. The molecule has 118 valence electrons. The zero-order valence-corrected chi connectivity index (χ0v) is 13.5. The van der Waals surface area contributed by atoms with Crippen molar-refractivity contribution >= 4 is 16.5 Å². The maximum absolute atomic E-state index is 5.88. The number of piperidine rings is 1. The Morgan fingerprint density at radius 3 is 3.00 bits per heavy atom. The van der Waals surface area contributed by atoms with E-state index in [1.807, 2.05) is 11.6 Å². The van der Waals surface area contributed by atoms with E-state index in [-0.39, 0.29) is 0 Å². The van der Waals surface area contributed by atoms with Gasteiger partial charge in [0.1, 0.15) is 0 Å². The number of nitrogens with zero attached hydrogens (tertiary/aromatic N) is 2. The number of anilines is 1. The van der Waals surface area contributed by atoms with Crippen molar-refractivity contribution in [1.82, 2.24) is 10.3 Å². The summed E-state index contributed by atoms with van der Waals surface area (Å²) in [6, 6.07) is 1.00. The highest BCUT2D eigenvalue weighted by Crippen LogP contribution is 2.22. The summed E-state index contributed by atoms with van der Waals surface area (Å²) >= 11 is 1.73. The van der Waals surface area contributed by atoms with Gasteiger partial charge in [0, 0.05) is 43.4 Å². The number of thiazole rings is 1. The zero-order valence-electron chi connectivity index (χ0n) is 12.7. The van der Waals surface area contributed by atoms with E-state index in [9.17, 15) is 0 Å². The Hall–Kier alpha value is -0.690. The molecule has 1 aromatic rings. The number of aromatic nitrogens is 1. The summed E-state index contributed by atoms with van der Waals surface area (Å²) in [5, 5.41) is 6.90. The van der Waals surface area contributed by atoms with Crippen LogP contribution in [0.5, 0.6) is 0 Å². The molecule has 0 amide bonds. The van der Waals surface area contributed by atoms with Crippen LogP contribution in [0.3, 0.4) is 0 Å². The molecule has 0 aliphatic carbocycles. The lowest BCUT2D eigenvalue weighted by Gasteiger charge is -2.33. The summed E-state index contributed by atoms with van der Waals surface area (Å²) in [7, 11) is 0. The first kappa shape index (κ1) is 15.2. The number of hydrogen-bond acceptors (Lipinski definition) is 6. The molecule has 0 bridgehead atoms. The van der Waals surface area contributed by atoms with Crippen molar-refractivity contribution in [3.63, 3.8) is 0 Å².